The topological polar surface area (TPSA) is 46.2 Å². The van der Waals surface area contributed by atoms with E-state index in [0.717, 1.165) is 6.07 Å². The first-order chi connectivity index (χ1) is 6.65. The summed E-state index contributed by atoms with van der Waals surface area (Å²) < 4.78 is 13.1. The molecule has 0 aromatic heterocycles. The van der Waals surface area contributed by atoms with Crippen molar-refractivity contribution in [2.45, 2.75) is 0 Å². The molecule has 0 atom stereocenters. The second-order valence-corrected chi connectivity index (χ2v) is 2.98. The van der Waals surface area contributed by atoms with Crippen LogP contribution in [-0.2, 0) is 4.79 Å². The average Bonchev–Trinajstić information content (AvgIpc) is 2.14. The molecule has 0 saturated carbocycles. The molecule has 0 aliphatic heterocycles. The van der Waals surface area contributed by atoms with Crippen LogP contribution in [0.2, 0.25) is 5.02 Å². The smallest absolute Gasteiger partial charge is 0.207 e. The van der Waals surface area contributed by atoms with Gasteiger partial charge in [-0.3, -0.25) is 9.59 Å². The molecule has 3 nitrogen and oxygen atoms in total. The molecule has 0 fully saturated rings. The van der Waals surface area contributed by atoms with Gasteiger partial charge in [0.15, 0.2) is 5.78 Å². The summed E-state index contributed by atoms with van der Waals surface area (Å²) >= 11 is 5.50. The standard InChI is InChI=1S/C9H7ClFNO2/c10-6-1-2-7(8(11)3-6)9(14)4-12-5-13/h1-3,5H,4H2,(H,12,13). The van der Waals surface area contributed by atoms with Crippen molar-refractivity contribution in [3.05, 3.63) is 34.6 Å². The minimum atomic E-state index is -0.685. The van der Waals surface area contributed by atoms with Crippen molar-refractivity contribution >= 4 is 23.8 Å². The molecule has 1 aromatic rings. The monoisotopic (exact) mass is 215 g/mol. The highest BCUT2D eigenvalue weighted by molar-refractivity contribution is 6.30. The number of amides is 1. The lowest BCUT2D eigenvalue weighted by atomic mass is 10.1. The summed E-state index contributed by atoms with van der Waals surface area (Å²) in [6, 6.07) is 3.75. The van der Waals surface area contributed by atoms with Crippen molar-refractivity contribution in [1.29, 1.82) is 0 Å². The van der Waals surface area contributed by atoms with Crippen LogP contribution in [0.15, 0.2) is 18.2 Å². The first kappa shape index (κ1) is 10.7. The molecule has 14 heavy (non-hydrogen) atoms. The Balaban J connectivity index is 2.84. The van der Waals surface area contributed by atoms with E-state index < -0.39 is 11.6 Å². The van der Waals surface area contributed by atoms with Gasteiger partial charge in [-0.1, -0.05) is 11.6 Å². The quantitative estimate of drug-likeness (QED) is 0.610. The Morgan fingerprint density at radius 1 is 1.57 bits per heavy atom. The fourth-order valence-corrected chi connectivity index (χ4v) is 1.10. The zero-order chi connectivity index (χ0) is 10.6. The van der Waals surface area contributed by atoms with Gasteiger partial charge in [0.1, 0.15) is 5.82 Å². The fraction of sp³-hybridized carbons (Fsp3) is 0.111. The number of nitrogens with one attached hydrogen (secondary N) is 1. The average molecular weight is 216 g/mol. The molecule has 0 radical (unpaired) electrons. The van der Waals surface area contributed by atoms with E-state index in [1.165, 1.54) is 12.1 Å². The van der Waals surface area contributed by atoms with Gasteiger partial charge in [-0.2, -0.15) is 0 Å². The summed E-state index contributed by atoms with van der Waals surface area (Å²) in [4.78, 5) is 21.1. The van der Waals surface area contributed by atoms with Gasteiger partial charge in [0.25, 0.3) is 0 Å². The molecule has 1 rings (SSSR count). The molecular formula is C9H7ClFNO2. The van der Waals surface area contributed by atoms with Crippen LogP contribution in [0.3, 0.4) is 0 Å². The molecule has 0 unspecified atom stereocenters. The maximum atomic E-state index is 13.1. The Labute approximate surface area is 84.9 Å². The van der Waals surface area contributed by atoms with E-state index in [9.17, 15) is 14.0 Å². The number of carbonyl (C=O) groups is 2. The normalized spacial score (nSPS) is 9.57. The highest BCUT2D eigenvalue weighted by Crippen LogP contribution is 2.14. The molecule has 1 N–H and O–H groups in total. The Morgan fingerprint density at radius 2 is 2.29 bits per heavy atom. The minimum absolute atomic E-state index is 0.0799. The maximum absolute atomic E-state index is 13.1. The molecule has 0 saturated heterocycles. The van der Waals surface area contributed by atoms with E-state index in [2.05, 4.69) is 5.32 Å². The number of rotatable bonds is 4. The van der Waals surface area contributed by atoms with Gasteiger partial charge < -0.3 is 5.32 Å². The first-order valence-electron chi connectivity index (χ1n) is 3.80. The highest BCUT2D eigenvalue weighted by atomic mass is 35.5. The van der Waals surface area contributed by atoms with Gasteiger partial charge in [0, 0.05) is 5.02 Å². The fourth-order valence-electron chi connectivity index (χ4n) is 0.945. The van der Waals surface area contributed by atoms with Gasteiger partial charge in [-0.15, -0.1) is 0 Å². The number of benzene rings is 1. The summed E-state index contributed by atoms with van der Waals surface area (Å²) in [5.41, 5.74) is -0.0799. The highest BCUT2D eigenvalue weighted by Gasteiger charge is 2.10. The Kier molecular flexibility index (Phi) is 3.59. The van der Waals surface area contributed by atoms with Crippen LogP contribution in [0.5, 0.6) is 0 Å². The van der Waals surface area contributed by atoms with Crippen LogP contribution < -0.4 is 5.32 Å². The van der Waals surface area contributed by atoms with Crippen molar-refractivity contribution in [2.24, 2.45) is 0 Å². The van der Waals surface area contributed by atoms with Gasteiger partial charge >= 0.3 is 0 Å². The Hall–Kier alpha value is -1.42. The molecule has 0 aliphatic carbocycles. The SMILES string of the molecule is O=CNCC(=O)c1ccc(Cl)cc1F. The van der Waals surface area contributed by atoms with E-state index in [-0.39, 0.29) is 17.1 Å². The number of ketones is 1. The third-order valence-corrected chi connectivity index (χ3v) is 1.81. The lowest BCUT2D eigenvalue weighted by molar-refractivity contribution is -0.109. The minimum Gasteiger partial charge on any atom is -0.351 e. The van der Waals surface area contributed by atoms with Gasteiger partial charge in [0.2, 0.25) is 6.41 Å². The lowest BCUT2D eigenvalue weighted by Crippen LogP contribution is -2.22. The second kappa shape index (κ2) is 4.72. The number of Topliss-reactive ketones (excluding diaryl/α,β-unsaturated/α-hetero) is 1. The predicted octanol–water partition coefficient (Wildman–Crippen LogP) is 1.41. The summed E-state index contributed by atoms with van der Waals surface area (Å²) in [6.45, 7) is -0.220. The Morgan fingerprint density at radius 3 is 2.86 bits per heavy atom. The summed E-state index contributed by atoms with van der Waals surface area (Å²) in [5, 5.41) is 2.38. The zero-order valence-corrected chi connectivity index (χ0v) is 7.84. The van der Waals surface area contributed by atoms with Crippen molar-refractivity contribution in [3.63, 3.8) is 0 Å². The van der Waals surface area contributed by atoms with Crippen LogP contribution in [0, 0.1) is 5.82 Å². The van der Waals surface area contributed by atoms with E-state index in [0.29, 0.717) is 6.41 Å². The van der Waals surface area contributed by atoms with E-state index >= 15 is 0 Å². The first-order valence-corrected chi connectivity index (χ1v) is 4.18. The third kappa shape index (κ3) is 2.53. The molecule has 0 heterocycles. The van der Waals surface area contributed by atoms with Crippen LogP contribution in [0.4, 0.5) is 4.39 Å². The lowest BCUT2D eigenvalue weighted by Gasteiger charge is -2.01. The number of carbonyl (C=O) groups excluding carboxylic acids is 2. The molecule has 1 aromatic carbocycles. The van der Waals surface area contributed by atoms with Crippen LogP contribution in [0.1, 0.15) is 10.4 Å². The molecular weight excluding hydrogens is 209 g/mol. The van der Waals surface area contributed by atoms with Gasteiger partial charge in [-0.25, -0.2) is 4.39 Å². The molecule has 5 heteroatoms. The molecule has 1 amide bonds. The van der Waals surface area contributed by atoms with Crippen LogP contribution in [-0.4, -0.2) is 18.7 Å². The molecule has 0 bridgehead atoms. The van der Waals surface area contributed by atoms with E-state index in [4.69, 9.17) is 11.6 Å². The van der Waals surface area contributed by atoms with E-state index in [1.54, 1.807) is 0 Å². The number of hydrogen-bond acceptors (Lipinski definition) is 2. The van der Waals surface area contributed by atoms with Gasteiger partial charge in [0.05, 0.1) is 12.1 Å². The van der Waals surface area contributed by atoms with E-state index in [1.807, 2.05) is 0 Å². The number of halogens is 2. The van der Waals surface area contributed by atoms with Crippen molar-refractivity contribution < 1.29 is 14.0 Å². The third-order valence-electron chi connectivity index (χ3n) is 1.58. The summed E-state index contributed by atoms with van der Waals surface area (Å²) in [7, 11) is 0. The van der Waals surface area contributed by atoms with Crippen LogP contribution >= 0.6 is 11.6 Å². The van der Waals surface area contributed by atoms with Gasteiger partial charge in [-0.05, 0) is 18.2 Å². The van der Waals surface area contributed by atoms with Crippen molar-refractivity contribution in [3.8, 4) is 0 Å². The van der Waals surface area contributed by atoms with Crippen molar-refractivity contribution in [2.75, 3.05) is 6.54 Å². The number of hydrogen-bond donors (Lipinski definition) is 1. The van der Waals surface area contributed by atoms with Crippen molar-refractivity contribution in [1.82, 2.24) is 5.32 Å². The molecule has 74 valence electrons. The summed E-state index contributed by atoms with van der Waals surface area (Å²) in [5.74, 6) is -1.18. The van der Waals surface area contributed by atoms with Crippen LogP contribution in [0.25, 0.3) is 0 Å². The molecule has 0 aliphatic rings. The largest absolute Gasteiger partial charge is 0.351 e. The zero-order valence-electron chi connectivity index (χ0n) is 7.09. The Bertz CT molecular complexity index is 368. The summed E-state index contributed by atoms with van der Waals surface area (Å²) in [6.07, 6.45) is 0.381. The second-order valence-electron chi connectivity index (χ2n) is 2.55. The molecule has 0 spiro atoms. The predicted molar refractivity (Wildman–Crippen MR) is 49.8 cm³/mol. The maximum Gasteiger partial charge on any atom is 0.207 e.